The lowest BCUT2D eigenvalue weighted by molar-refractivity contribution is 0.586. The van der Waals surface area contributed by atoms with E-state index in [1.807, 2.05) is 6.92 Å². The van der Waals surface area contributed by atoms with Gasteiger partial charge in [0.05, 0.1) is 22.0 Å². The molecule has 0 atom stereocenters. The minimum atomic E-state index is -0.703. The molecule has 118 valence electrons. The van der Waals surface area contributed by atoms with Crippen molar-refractivity contribution in [3.05, 3.63) is 47.8 Å². The monoisotopic (exact) mass is 333 g/mol. The normalized spacial score (nSPS) is 10.6. The first kappa shape index (κ1) is 15.3. The van der Waals surface area contributed by atoms with E-state index < -0.39 is 11.6 Å². The van der Waals surface area contributed by atoms with Crippen LogP contribution in [0.15, 0.2) is 30.5 Å². The second kappa shape index (κ2) is 6.25. The molecule has 0 unspecified atom stereocenters. The van der Waals surface area contributed by atoms with Gasteiger partial charge < -0.3 is 10.6 Å². The highest BCUT2D eigenvalue weighted by atomic mass is 32.1. The molecule has 0 fully saturated rings. The molecular formula is C15H13F2N5S. The van der Waals surface area contributed by atoms with Crippen LogP contribution in [0.2, 0.25) is 0 Å². The van der Waals surface area contributed by atoms with E-state index in [9.17, 15) is 8.78 Å². The first-order chi connectivity index (χ1) is 11.1. The van der Waals surface area contributed by atoms with Crippen LogP contribution in [0.4, 0.5) is 25.5 Å². The number of aromatic nitrogens is 3. The number of hydrogen-bond donors (Lipinski definition) is 2. The number of aryl methyl sites for hydroxylation is 1. The Bertz CT molecular complexity index is 850. The number of hydrogen-bond acceptors (Lipinski definition) is 6. The Kier molecular flexibility index (Phi) is 4.16. The van der Waals surface area contributed by atoms with Gasteiger partial charge in [-0.3, -0.25) is 0 Å². The minimum absolute atomic E-state index is 0.112. The number of nitrogens with one attached hydrogen (secondary N) is 2. The van der Waals surface area contributed by atoms with Crippen molar-refractivity contribution in [3.8, 4) is 10.6 Å². The van der Waals surface area contributed by atoms with Gasteiger partial charge in [-0.1, -0.05) is 11.3 Å². The quantitative estimate of drug-likeness (QED) is 0.756. The Hall–Kier alpha value is -2.61. The number of halogens is 2. The van der Waals surface area contributed by atoms with Crippen molar-refractivity contribution in [1.82, 2.24) is 15.0 Å². The van der Waals surface area contributed by atoms with E-state index in [2.05, 4.69) is 25.6 Å². The van der Waals surface area contributed by atoms with Crippen molar-refractivity contribution in [1.29, 1.82) is 0 Å². The summed E-state index contributed by atoms with van der Waals surface area (Å²) < 4.78 is 26.6. The molecular weight excluding hydrogens is 320 g/mol. The van der Waals surface area contributed by atoms with Crippen molar-refractivity contribution in [2.75, 3.05) is 17.7 Å². The summed E-state index contributed by atoms with van der Waals surface area (Å²) in [7, 11) is 1.80. The van der Waals surface area contributed by atoms with Crippen LogP contribution in [-0.4, -0.2) is 22.0 Å². The molecule has 0 radical (unpaired) electrons. The number of anilines is 3. The highest BCUT2D eigenvalue weighted by Crippen LogP contribution is 2.31. The molecule has 0 aliphatic heterocycles. The first-order valence-electron chi connectivity index (χ1n) is 6.77. The highest BCUT2D eigenvalue weighted by Gasteiger charge is 2.12. The molecule has 0 aliphatic rings. The lowest BCUT2D eigenvalue weighted by atomic mass is 10.3. The van der Waals surface area contributed by atoms with Gasteiger partial charge >= 0.3 is 0 Å². The van der Waals surface area contributed by atoms with Crippen LogP contribution in [0, 0.1) is 18.6 Å². The average Bonchev–Trinajstić information content (AvgIpc) is 2.92. The van der Waals surface area contributed by atoms with E-state index in [4.69, 9.17) is 0 Å². The van der Waals surface area contributed by atoms with E-state index >= 15 is 0 Å². The average molecular weight is 333 g/mol. The first-order valence-corrected chi connectivity index (χ1v) is 7.59. The molecule has 3 aromatic rings. The van der Waals surface area contributed by atoms with Gasteiger partial charge in [-0.05, 0) is 25.1 Å². The summed E-state index contributed by atoms with van der Waals surface area (Å²) in [5.74, 6) is -1.11. The van der Waals surface area contributed by atoms with Crippen LogP contribution in [-0.2, 0) is 0 Å². The third kappa shape index (κ3) is 3.26. The highest BCUT2D eigenvalue weighted by molar-refractivity contribution is 7.19. The fourth-order valence-electron chi connectivity index (χ4n) is 2.00. The van der Waals surface area contributed by atoms with Crippen molar-refractivity contribution in [2.24, 2.45) is 0 Å². The molecule has 23 heavy (non-hydrogen) atoms. The number of thiazole rings is 1. The van der Waals surface area contributed by atoms with Gasteiger partial charge in [0.15, 0.2) is 5.13 Å². The number of rotatable bonds is 4. The van der Waals surface area contributed by atoms with Gasteiger partial charge in [0.2, 0.25) is 5.95 Å². The van der Waals surface area contributed by atoms with E-state index in [-0.39, 0.29) is 11.6 Å². The van der Waals surface area contributed by atoms with Crippen LogP contribution in [0.25, 0.3) is 10.6 Å². The van der Waals surface area contributed by atoms with E-state index in [0.717, 1.165) is 21.8 Å². The number of benzene rings is 1. The summed E-state index contributed by atoms with van der Waals surface area (Å²) in [4.78, 5) is 13.7. The van der Waals surface area contributed by atoms with Crippen LogP contribution in [0.1, 0.15) is 5.69 Å². The smallest absolute Gasteiger partial charge is 0.227 e. The predicted molar refractivity (Wildman–Crippen MR) is 87.1 cm³/mol. The molecule has 2 heterocycles. The Labute approximate surface area is 135 Å². The van der Waals surface area contributed by atoms with Crippen LogP contribution < -0.4 is 10.6 Å². The topological polar surface area (TPSA) is 62.7 Å². The standard InChI is InChI=1S/C15H13F2N5S/c1-8-13(23-15(18-2)20-8)12-5-6-19-14(22-12)21-11-4-3-9(16)7-10(11)17/h3-7H,1-2H3,(H,18,20)(H,19,21,22). The zero-order valence-corrected chi connectivity index (χ0v) is 13.2. The van der Waals surface area contributed by atoms with Crippen molar-refractivity contribution < 1.29 is 8.78 Å². The van der Waals surface area contributed by atoms with Crippen LogP contribution >= 0.6 is 11.3 Å². The lowest BCUT2D eigenvalue weighted by Crippen LogP contribution is -2.00. The largest absolute Gasteiger partial charge is 0.365 e. The third-order valence-electron chi connectivity index (χ3n) is 3.08. The third-order valence-corrected chi connectivity index (χ3v) is 4.27. The Morgan fingerprint density at radius 3 is 2.65 bits per heavy atom. The molecule has 2 aromatic heterocycles. The molecule has 8 heteroatoms. The molecule has 0 saturated heterocycles. The van der Waals surface area contributed by atoms with Gasteiger partial charge in [0, 0.05) is 19.3 Å². The summed E-state index contributed by atoms with van der Waals surface area (Å²) >= 11 is 1.47. The van der Waals surface area contributed by atoms with Crippen molar-refractivity contribution in [2.45, 2.75) is 6.92 Å². The maximum atomic E-state index is 13.7. The van der Waals surface area contributed by atoms with Gasteiger partial charge in [0.25, 0.3) is 0 Å². The SMILES string of the molecule is CNc1nc(C)c(-c2ccnc(Nc3ccc(F)cc3F)n2)s1. The molecule has 0 amide bonds. The summed E-state index contributed by atoms with van der Waals surface area (Å²) in [5, 5.41) is 6.53. The van der Waals surface area contributed by atoms with Crippen LogP contribution in [0.5, 0.6) is 0 Å². The van der Waals surface area contributed by atoms with E-state index in [1.54, 1.807) is 19.3 Å². The summed E-state index contributed by atoms with van der Waals surface area (Å²) in [6.07, 6.45) is 1.57. The number of nitrogens with zero attached hydrogens (tertiary/aromatic N) is 3. The Balaban J connectivity index is 1.92. The fourth-order valence-corrected chi connectivity index (χ4v) is 2.89. The van der Waals surface area contributed by atoms with Crippen molar-refractivity contribution in [3.63, 3.8) is 0 Å². The zero-order chi connectivity index (χ0) is 16.4. The summed E-state index contributed by atoms with van der Waals surface area (Å²) in [5.41, 5.74) is 1.64. The molecule has 2 N–H and O–H groups in total. The van der Waals surface area contributed by atoms with Gasteiger partial charge in [-0.25, -0.2) is 23.7 Å². The Morgan fingerprint density at radius 2 is 1.96 bits per heavy atom. The summed E-state index contributed by atoms with van der Waals surface area (Å²) in [6.45, 7) is 1.89. The molecule has 0 saturated carbocycles. The molecule has 0 aliphatic carbocycles. The maximum absolute atomic E-state index is 13.7. The fraction of sp³-hybridized carbons (Fsp3) is 0.133. The maximum Gasteiger partial charge on any atom is 0.227 e. The Morgan fingerprint density at radius 1 is 1.13 bits per heavy atom. The van der Waals surface area contributed by atoms with Crippen molar-refractivity contribution >= 4 is 28.1 Å². The zero-order valence-electron chi connectivity index (χ0n) is 12.4. The van der Waals surface area contributed by atoms with E-state index in [0.29, 0.717) is 5.69 Å². The lowest BCUT2D eigenvalue weighted by Gasteiger charge is -2.07. The molecule has 0 spiro atoms. The summed E-state index contributed by atoms with van der Waals surface area (Å²) in [6, 6.07) is 5.03. The molecule has 1 aromatic carbocycles. The van der Waals surface area contributed by atoms with Gasteiger partial charge in [-0.15, -0.1) is 0 Å². The molecule has 3 rings (SSSR count). The molecule has 5 nitrogen and oxygen atoms in total. The second-order valence-electron chi connectivity index (χ2n) is 4.70. The molecule has 0 bridgehead atoms. The minimum Gasteiger partial charge on any atom is -0.365 e. The van der Waals surface area contributed by atoms with Gasteiger partial charge in [-0.2, -0.15) is 0 Å². The van der Waals surface area contributed by atoms with E-state index in [1.165, 1.54) is 23.5 Å². The predicted octanol–water partition coefficient (Wildman–Crippen LogP) is 3.97. The van der Waals surface area contributed by atoms with Gasteiger partial charge in [0.1, 0.15) is 11.6 Å². The second-order valence-corrected chi connectivity index (χ2v) is 5.70. The van der Waals surface area contributed by atoms with Crippen LogP contribution in [0.3, 0.4) is 0 Å².